The number of rotatable bonds is 4. The number of nitrogens with one attached hydrogen (secondary N) is 1. The molecule has 1 aliphatic carbocycles. The van der Waals surface area contributed by atoms with Crippen LogP contribution in [0.25, 0.3) is 0 Å². The van der Waals surface area contributed by atoms with Crippen LogP contribution >= 0.6 is 0 Å². The van der Waals surface area contributed by atoms with Crippen LogP contribution in [0.3, 0.4) is 0 Å². The number of halogens is 3. The number of nitrogens with zero attached hydrogens (tertiary/aromatic N) is 1. The lowest BCUT2D eigenvalue weighted by Crippen LogP contribution is -2.55. The summed E-state index contributed by atoms with van der Waals surface area (Å²) in [5.41, 5.74) is -0.556. The molecule has 11 heteroatoms. The lowest BCUT2D eigenvalue weighted by molar-refractivity contribution is -0.274. The van der Waals surface area contributed by atoms with Gasteiger partial charge in [0.2, 0.25) is 10.0 Å². The van der Waals surface area contributed by atoms with Gasteiger partial charge in [-0.3, -0.25) is 0 Å². The molecule has 174 valence electrons. The molecule has 0 bridgehead atoms. The number of benzene rings is 1. The summed E-state index contributed by atoms with van der Waals surface area (Å²) in [7, 11) is -3.85. The van der Waals surface area contributed by atoms with E-state index in [1.165, 1.54) is 0 Å². The number of carbonyl (C=O) groups excluding carboxylic acids is 1. The summed E-state index contributed by atoms with van der Waals surface area (Å²) in [6.45, 7) is 6.58. The maximum absolute atomic E-state index is 12.5. The van der Waals surface area contributed by atoms with E-state index in [4.69, 9.17) is 4.74 Å². The van der Waals surface area contributed by atoms with Crippen LogP contribution in [0.15, 0.2) is 29.2 Å². The van der Waals surface area contributed by atoms with Crippen molar-refractivity contribution >= 4 is 16.1 Å². The molecule has 1 spiro atoms. The molecule has 0 aromatic heterocycles. The zero-order valence-corrected chi connectivity index (χ0v) is 18.5. The number of carbonyl (C=O) groups is 1. The Bertz CT molecular complexity index is 894. The van der Waals surface area contributed by atoms with Crippen LogP contribution in [-0.4, -0.2) is 50.5 Å². The number of piperidine rings is 1. The quantitative estimate of drug-likeness (QED) is 0.727. The van der Waals surface area contributed by atoms with Crippen LogP contribution < -0.4 is 9.46 Å². The van der Waals surface area contributed by atoms with Crippen molar-refractivity contribution in [2.24, 2.45) is 5.41 Å². The molecule has 0 radical (unpaired) electrons. The summed E-state index contributed by atoms with van der Waals surface area (Å²) >= 11 is 0. The predicted octanol–water partition coefficient (Wildman–Crippen LogP) is 4.04. The third kappa shape index (κ3) is 6.25. The first kappa shape index (κ1) is 23.6. The van der Waals surface area contributed by atoms with Gasteiger partial charge in [-0.2, -0.15) is 0 Å². The fourth-order valence-corrected chi connectivity index (χ4v) is 5.31. The van der Waals surface area contributed by atoms with Crippen LogP contribution in [0, 0.1) is 5.41 Å². The van der Waals surface area contributed by atoms with E-state index in [0.29, 0.717) is 25.9 Å². The zero-order chi connectivity index (χ0) is 23.1. The zero-order valence-electron chi connectivity index (χ0n) is 17.7. The molecule has 1 aromatic carbocycles. The third-order valence-electron chi connectivity index (χ3n) is 5.52. The molecule has 2 fully saturated rings. The summed E-state index contributed by atoms with van der Waals surface area (Å²) in [5.74, 6) is -0.481. The minimum absolute atomic E-state index is 0.00386. The van der Waals surface area contributed by atoms with Crippen molar-refractivity contribution in [1.82, 2.24) is 9.62 Å². The fourth-order valence-electron chi connectivity index (χ4n) is 4.08. The Kier molecular flexibility index (Phi) is 6.22. The lowest BCUT2D eigenvalue weighted by atomic mass is 9.61. The molecular formula is C20H27F3N2O5S. The first-order chi connectivity index (χ1) is 14.2. The molecule has 3 rings (SSSR count). The molecule has 1 saturated heterocycles. The molecule has 31 heavy (non-hydrogen) atoms. The molecule has 1 aliphatic heterocycles. The van der Waals surface area contributed by atoms with Crippen LogP contribution in [0.2, 0.25) is 0 Å². The van der Waals surface area contributed by atoms with Crippen molar-refractivity contribution in [1.29, 1.82) is 0 Å². The number of hydrogen-bond donors (Lipinski definition) is 1. The fraction of sp³-hybridized carbons (Fsp3) is 0.650. The molecule has 1 amide bonds. The second kappa shape index (κ2) is 8.16. The number of hydrogen-bond acceptors (Lipinski definition) is 5. The molecular weight excluding hydrogens is 437 g/mol. The molecule has 1 saturated carbocycles. The second-order valence-electron chi connectivity index (χ2n) is 9.21. The van der Waals surface area contributed by atoms with Gasteiger partial charge in [-0.25, -0.2) is 17.9 Å². The van der Waals surface area contributed by atoms with Crippen molar-refractivity contribution in [3.63, 3.8) is 0 Å². The lowest BCUT2D eigenvalue weighted by Gasteiger charge is -2.52. The maximum atomic E-state index is 12.5. The first-order valence-corrected chi connectivity index (χ1v) is 11.5. The Hall–Kier alpha value is -2.01. The maximum Gasteiger partial charge on any atom is 0.573 e. The topological polar surface area (TPSA) is 84.9 Å². The highest BCUT2D eigenvalue weighted by Gasteiger charge is 2.47. The standard InChI is InChI=1S/C20H27F3N2O5S/c1-18(2,3)30-17(26)25-10-8-19(9-11-25)12-14(13-19)24-31(27,28)16-6-4-15(5-7-16)29-20(21,22)23/h4-7,14,24H,8-13H2,1-3H3. The molecule has 1 heterocycles. The van der Waals surface area contributed by atoms with E-state index in [-0.39, 0.29) is 22.4 Å². The van der Waals surface area contributed by atoms with E-state index in [2.05, 4.69) is 9.46 Å². The normalized spacial score (nSPS) is 19.7. The Balaban J connectivity index is 1.50. The summed E-state index contributed by atoms with van der Waals surface area (Å²) in [4.78, 5) is 13.7. The summed E-state index contributed by atoms with van der Waals surface area (Å²) < 4.78 is 73.5. The van der Waals surface area contributed by atoms with Gasteiger partial charge in [-0.15, -0.1) is 13.2 Å². The smallest absolute Gasteiger partial charge is 0.444 e. The van der Waals surface area contributed by atoms with E-state index >= 15 is 0 Å². The molecule has 1 N–H and O–H groups in total. The Labute approximate surface area is 179 Å². The van der Waals surface area contributed by atoms with Crippen LogP contribution in [0.4, 0.5) is 18.0 Å². The first-order valence-electron chi connectivity index (χ1n) is 10.0. The van der Waals surface area contributed by atoms with Crippen molar-refractivity contribution in [2.75, 3.05) is 13.1 Å². The molecule has 7 nitrogen and oxygen atoms in total. The van der Waals surface area contributed by atoms with E-state index in [1.54, 1.807) is 4.90 Å². The van der Waals surface area contributed by atoms with E-state index < -0.39 is 27.7 Å². The third-order valence-corrected chi connectivity index (χ3v) is 7.06. The molecule has 1 aromatic rings. The number of ether oxygens (including phenoxy) is 2. The van der Waals surface area contributed by atoms with Gasteiger partial charge in [-0.1, -0.05) is 0 Å². The largest absolute Gasteiger partial charge is 0.573 e. The predicted molar refractivity (Wildman–Crippen MR) is 106 cm³/mol. The Morgan fingerprint density at radius 3 is 2.13 bits per heavy atom. The molecule has 2 aliphatic rings. The second-order valence-corrected chi connectivity index (χ2v) is 10.9. The van der Waals surface area contributed by atoms with Crippen molar-refractivity contribution in [3.8, 4) is 5.75 Å². The molecule has 0 atom stereocenters. The van der Waals surface area contributed by atoms with Gasteiger partial charge in [0, 0.05) is 19.1 Å². The van der Waals surface area contributed by atoms with Crippen molar-refractivity contribution < 1.29 is 35.9 Å². The summed E-state index contributed by atoms with van der Waals surface area (Å²) in [5, 5.41) is 0. The van der Waals surface area contributed by atoms with Crippen LogP contribution in [-0.2, 0) is 14.8 Å². The van der Waals surface area contributed by atoms with Gasteiger partial charge in [0.05, 0.1) is 4.90 Å². The van der Waals surface area contributed by atoms with Crippen LogP contribution in [0.5, 0.6) is 5.75 Å². The van der Waals surface area contributed by atoms with Crippen LogP contribution in [0.1, 0.15) is 46.5 Å². The number of amides is 1. The van der Waals surface area contributed by atoms with Gasteiger partial charge in [0.1, 0.15) is 11.4 Å². The Morgan fingerprint density at radius 1 is 1.10 bits per heavy atom. The summed E-state index contributed by atoms with van der Waals surface area (Å²) in [6, 6.07) is 3.85. The Morgan fingerprint density at radius 2 is 1.65 bits per heavy atom. The van der Waals surface area contributed by atoms with E-state index in [9.17, 15) is 26.4 Å². The minimum atomic E-state index is -4.84. The van der Waals surface area contributed by atoms with Crippen molar-refractivity contribution in [2.45, 2.75) is 69.4 Å². The van der Waals surface area contributed by atoms with Gasteiger partial charge in [0.15, 0.2) is 0 Å². The van der Waals surface area contributed by atoms with Gasteiger partial charge in [-0.05, 0) is 76.1 Å². The monoisotopic (exact) mass is 464 g/mol. The van der Waals surface area contributed by atoms with Gasteiger partial charge < -0.3 is 14.4 Å². The van der Waals surface area contributed by atoms with Crippen molar-refractivity contribution in [3.05, 3.63) is 24.3 Å². The number of sulfonamides is 1. The SMILES string of the molecule is CC(C)(C)OC(=O)N1CCC2(CC1)CC(NS(=O)(=O)c1ccc(OC(F)(F)F)cc1)C2. The van der Waals surface area contributed by atoms with E-state index in [1.807, 2.05) is 20.8 Å². The highest BCUT2D eigenvalue weighted by Crippen LogP contribution is 2.49. The highest BCUT2D eigenvalue weighted by molar-refractivity contribution is 7.89. The number of alkyl halides is 3. The number of likely N-dealkylation sites (tertiary alicyclic amines) is 1. The van der Waals surface area contributed by atoms with Gasteiger partial charge >= 0.3 is 12.5 Å². The van der Waals surface area contributed by atoms with Gasteiger partial charge in [0.25, 0.3) is 0 Å². The minimum Gasteiger partial charge on any atom is -0.444 e. The average Bonchev–Trinajstić information content (AvgIpc) is 2.58. The van der Waals surface area contributed by atoms with E-state index in [0.717, 1.165) is 37.1 Å². The average molecular weight is 465 g/mol. The summed E-state index contributed by atoms with van der Waals surface area (Å²) in [6.07, 6.45) is -2.32. The highest BCUT2D eigenvalue weighted by atomic mass is 32.2. The molecule has 0 unspecified atom stereocenters.